The Morgan fingerprint density at radius 2 is 2.07 bits per heavy atom. The minimum Gasteiger partial charge on any atom is -0.370 e. The molecule has 0 aromatic carbocycles. The van der Waals surface area contributed by atoms with Gasteiger partial charge >= 0.3 is 0 Å². The molecule has 1 heterocycles. The summed E-state index contributed by atoms with van der Waals surface area (Å²) in [5.74, 6) is 1.68. The molecule has 0 amide bonds. The smallest absolute Gasteiger partial charge is 0.191 e. The average Bonchev–Trinajstić information content (AvgIpc) is 3.06. The molecule has 0 aromatic heterocycles. The maximum atomic E-state index is 6.03. The number of nitrogens with two attached hydrogens (primary N) is 1. The van der Waals surface area contributed by atoms with Crippen molar-refractivity contribution in [3.63, 3.8) is 0 Å². The first kappa shape index (κ1) is 9.49. The summed E-state index contributed by atoms with van der Waals surface area (Å²) < 4.78 is 0. The lowest BCUT2D eigenvalue weighted by Gasteiger charge is -2.41. The van der Waals surface area contributed by atoms with Crippen LogP contribution < -0.4 is 5.73 Å². The number of rotatable bonds is 3. The van der Waals surface area contributed by atoms with Gasteiger partial charge < -0.3 is 10.6 Å². The average molecular weight is 207 g/mol. The van der Waals surface area contributed by atoms with Gasteiger partial charge in [-0.1, -0.05) is 6.92 Å². The Morgan fingerprint density at radius 3 is 2.60 bits per heavy atom. The Balaban J connectivity index is 1.82. The van der Waals surface area contributed by atoms with Crippen molar-refractivity contribution in [2.45, 2.75) is 45.1 Å². The molecule has 15 heavy (non-hydrogen) atoms. The van der Waals surface area contributed by atoms with Crippen molar-refractivity contribution in [2.24, 2.45) is 22.1 Å². The molecule has 0 saturated heterocycles. The first-order chi connectivity index (χ1) is 7.05. The maximum absolute atomic E-state index is 6.03. The molecule has 1 atom stereocenters. The van der Waals surface area contributed by atoms with E-state index < -0.39 is 0 Å². The number of aliphatic imine (C=N–C) groups is 1. The van der Waals surface area contributed by atoms with E-state index in [1.807, 2.05) is 0 Å². The summed E-state index contributed by atoms with van der Waals surface area (Å²) in [5.41, 5.74) is 6.70. The van der Waals surface area contributed by atoms with Crippen molar-refractivity contribution >= 4 is 5.96 Å². The van der Waals surface area contributed by atoms with Crippen LogP contribution in [0.3, 0.4) is 0 Å². The quantitative estimate of drug-likeness (QED) is 0.763. The van der Waals surface area contributed by atoms with Crippen molar-refractivity contribution < 1.29 is 0 Å². The molecule has 3 rings (SSSR count). The SMILES string of the molecule is CC1(C2(C)CN=C(N)N2CC2CC2)CC1. The minimum absolute atomic E-state index is 0.208. The summed E-state index contributed by atoms with van der Waals surface area (Å²) in [7, 11) is 0. The third kappa shape index (κ3) is 1.28. The van der Waals surface area contributed by atoms with E-state index in [0.29, 0.717) is 5.41 Å². The van der Waals surface area contributed by atoms with Gasteiger partial charge in [-0.25, -0.2) is 0 Å². The fraction of sp³-hybridized carbons (Fsp3) is 0.917. The Morgan fingerprint density at radius 1 is 1.40 bits per heavy atom. The molecule has 0 spiro atoms. The lowest BCUT2D eigenvalue weighted by atomic mass is 9.83. The lowest BCUT2D eigenvalue weighted by Crippen LogP contribution is -2.55. The first-order valence-electron chi connectivity index (χ1n) is 6.13. The van der Waals surface area contributed by atoms with Crippen LogP contribution in [0.15, 0.2) is 4.99 Å². The van der Waals surface area contributed by atoms with Gasteiger partial charge in [-0.3, -0.25) is 4.99 Å². The molecule has 2 saturated carbocycles. The van der Waals surface area contributed by atoms with Crippen molar-refractivity contribution in [3.8, 4) is 0 Å². The van der Waals surface area contributed by atoms with Crippen LogP contribution in [0.2, 0.25) is 0 Å². The van der Waals surface area contributed by atoms with Crippen LogP contribution >= 0.6 is 0 Å². The molecule has 1 unspecified atom stereocenters. The second-order valence-corrected chi connectivity index (χ2v) is 6.06. The van der Waals surface area contributed by atoms with E-state index in [4.69, 9.17) is 5.73 Å². The molecule has 0 aromatic rings. The number of hydrogen-bond acceptors (Lipinski definition) is 3. The van der Waals surface area contributed by atoms with Gasteiger partial charge in [-0.2, -0.15) is 0 Å². The van der Waals surface area contributed by atoms with Gasteiger partial charge in [0, 0.05) is 6.54 Å². The normalized spacial score (nSPS) is 38.0. The molecule has 3 nitrogen and oxygen atoms in total. The molecule has 2 aliphatic carbocycles. The maximum Gasteiger partial charge on any atom is 0.191 e. The predicted molar refractivity (Wildman–Crippen MR) is 61.7 cm³/mol. The second-order valence-electron chi connectivity index (χ2n) is 6.06. The standard InChI is InChI=1S/C12H21N3/c1-11(5-6-11)12(2)8-14-10(13)15(12)7-9-3-4-9/h9H,3-8H2,1-2H3,(H2,13,14). The molecule has 0 radical (unpaired) electrons. The molecule has 1 aliphatic heterocycles. The summed E-state index contributed by atoms with van der Waals surface area (Å²) in [6, 6.07) is 0. The van der Waals surface area contributed by atoms with Crippen LogP contribution in [-0.2, 0) is 0 Å². The zero-order chi connectivity index (χ0) is 10.7. The van der Waals surface area contributed by atoms with Crippen molar-refractivity contribution in [3.05, 3.63) is 0 Å². The van der Waals surface area contributed by atoms with Gasteiger partial charge in [-0.15, -0.1) is 0 Å². The van der Waals surface area contributed by atoms with Crippen LogP contribution in [0.4, 0.5) is 0 Å². The zero-order valence-corrected chi connectivity index (χ0v) is 9.79. The molecule has 2 fully saturated rings. The molecule has 84 valence electrons. The van der Waals surface area contributed by atoms with Crippen molar-refractivity contribution in [1.29, 1.82) is 0 Å². The van der Waals surface area contributed by atoms with Crippen molar-refractivity contribution in [2.75, 3.05) is 13.1 Å². The van der Waals surface area contributed by atoms with Gasteiger partial charge in [0.2, 0.25) is 0 Å². The molecular formula is C12H21N3. The van der Waals surface area contributed by atoms with E-state index >= 15 is 0 Å². The summed E-state index contributed by atoms with van der Waals surface area (Å²) in [4.78, 5) is 6.88. The minimum atomic E-state index is 0.208. The van der Waals surface area contributed by atoms with Crippen LogP contribution in [0.25, 0.3) is 0 Å². The lowest BCUT2D eigenvalue weighted by molar-refractivity contribution is 0.128. The highest BCUT2D eigenvalue weighted by atomic mass is 15.4. The zero-order valence-electron chi connectivity index (χ0n) is 9.79. The van der Waals surface area contributed by atoms with Crippen LogP contribution in [0, 0.1) is 11.3 Å². The summed E-state index contributed by atoms with van der Waals surface area (Å²) in [5, 5.41) is 0. The fourth-order valence-electron chi connectivity index (χ4n) is 2.75. The van der Waals surface area contributed by atoms with Gasteiger partial charge in [0.1, 0.15) is 0 Å². The van der Waals surface area contributed by atoms with Gasteiger partial charge in [-0.05, 0) is 43.9 Å². The Hall–Kier alpha value is -0.730. The van der Waals surface area contributed by atoms with E-state index in [-0.39, 0.29) is 5.54 Å². The number of nitrogens with zero attached hydrogens (tertiary/aromatic N) is 2. The molecule has 3 heteroatoms. The number of hydrogen-bond donors (Lipinski definition) is 1. The van der Waals surface area contributed by atoms with Gasteiger partial charge in [0.25, 0.3) is 0 Å². The van der Waals surface area contributed by atoms with Crippen LogP contribution in [0.1, 0.15) is 39.5 Å². The Labute approximate surface area is 91.7 Å². The molecule has 2 N–H and O–H groups in total. The van der Waals surface area contributed by atoms with Crippen molar-refractivity contribution in [1.82, 2.24) is 4.90 Å². The topological polar surface area (TPSA) is 41.6 Å². The summed E-state index contributed by atoms with van der Waals surface area (Å²) in [6.07, 6.45) is 5.45. The summed E-state index contributed by atoms with van der Waals surface area (Å²) in [6.45, 7) is 6.79. The number of guanidine groups is 1. The highest BCUT2D eigenvalue weighted by Crippen LogP contribution is 2.57. The molecule has 3 aliphatic rings. The Bertz CT molecular complexity index is 315. The third-order valence-corrected chi connectivity index (χ3v) is 4.86. The highest BCUT2D eigenvalue weighted by Gasteiger charge is 2.58. The monoisotopic (exact) mass is 207 g/mol. The third-order valence-electron chi connectivity index (χ3n) is 4.86. The van der Waals surface area contributed by atoms with Crippen LogP contribution in [0.5, 0.6) is 0 Å². The molecular weight excluding hydrogens is 186 g/mol. The molecule has 0 bridgehead atoms. The van der Waals surface area contributed by atoms with E-state index in [2.05, 4.69) is 23.7 Å². The second kappa shape index (κ2) is 2.69. The van der Waals surface area contributed by atoms with E-state index in [9.17, 15) is 0 Å². The predicted octanol–water partition coefficient (Wildman–Crippen LogP) is 1.59. The Kier molecular flexibility index (Phi) is 1.70. The highest BCUT2D eigenvalue weighted by molar-refractivity contribution is 5.81. The van der Waals surface area contributed by atoms with Gasteiger partial charge in [0.05, 0.1) is 12.1 Å². The van der Waals surface area contributed by atoms with E-state index in [1.165, 1.54) is 25.7 Å². The van der Waals surface area contributed by atoms with Crippen LogP contribution in [-0.4, -0.2) is 29.5 Å². The van der Waals surface area contributed by atoms with Gasteiger partial charge in [0.15, 0.2) is 5.96 Å². The largest absolute Gasteiger partial charge is 0.370 e. The van der Waals surface area contributed by atoms with E-state index in [1.54, 1.807) is 0 Å². The first-order valence-corrected chi connectivity index (χ1v) is 6.13. The summed E-state index contributed by atoms with van der Waals surface area (Å²) >= 11 is 0. The van der Waals surface area contributed by atoms with E-state index in [0.717, 1.165) is 25.0 Å². The fourth-order valence-corrected chi connectivity index (χ4v) is 2.75.